The monoisotopic (exact) mass is 303 g/mol. The number of amides is 2. The van der Waals surface area contributed by atoms with Gasteiger partial charge in [0.25, 0.3) is 0 Å². The summed E-state index contributed by atoms with van der Waals surface area (Å²) >= 11 is 3.31. The number of fused-ring (bicyclic) bond motifs is 2. The van der Waals surface area contributed by atoms with Crippen molar-refractivity contribution in [3.8, 4) is 0 Å². The van der Waals surface area contributed by atoms with E-state index in [1.54, 1.807) is 28.4 Å². The molecular weight excluding hydrogens is 290 g/mol. The number of urea groups is 1. The summed E-state index contributed by atoms with van der Waals surface area (Å²) < 4.78 is 0. The van der Waals surface area contributed by atoms with Crippen molar-refractivity contribution in [3.05, 3.63) is 42.5 Å². The van der Waals surface area contributed by atoms with Gasteiger partial charge in [-0.1, -0.05) is 23.9 Å². The number of nitrogens with zero attached hydrogens (tertiary/aromatic N) is 1. The van der Waals surface area contributed by atoms with Crippen LogP contribution in [0.25, 0.3) is 0 Å². The second-order valence-electron chi connectivity index (χ2n) is 4.19. The van der Waals surface area contributed by atoms with Gasteiger partial charge in [-0.2, -0.15) is 0 Å². The lowest BCUT2D eigenvalue weighted by atomic mass is 10.2. The molecule has 2 aromatic rings. The van der Waals surface area contributed by atoms with Gasteiger partial charge in [0, 0.05) is 14.7 Å². The number of hydrogen-bond acceptors (Lipinski definition) is 4. The number of para-hydroxylation sites is 1. The Morgan fingerprint density at radius 3 is 2.70 bits per heavy atom. The molecule has 1 aliphatic rings. The molecule has 0 radical (unpaired) electrons. The van der Waals surface area contributed by atoms with E-state index in [2.05, 4.69) is 11.5 Å². The molecule has 0 fully saturated rings. The summed E-state index contributed by atoms with van der Waals surface area (Å²) in [6, 6.07) is 13.6. The highest BCUT2D eigenvalue weighted by molar-refractivity contribution is 8.00. The van der Waals surface area contributed by atoms with Crippen LogP contribution in [0.4, 0.5) is 16.2 Å². The van der Waals surface area contributed by atoms with Crippen LogP contribution in [-0.4, -0.2) is 12.3 Å². The molecule has 102 valence electrons. The molecule has 0 saturated heterocycles. The second-order valence-corrected chi connectivity index (χ2v) is 6.15. The Bertz CT molecular complexity index is 675. The van der Waals surface area contributed by atoms with Crippen molar-refractivity contribution in [1.29, 1.82) is 0 Å². The number of carbonyl (C=O) groups is 1. The molecule has 3 rings (SSSR count). The summed E-state index contributed by atoms with van der Waals surface area (Å²) in [5.74, 6) is 5.33. The van der Waals surface area contributed by atoms with Gasteiger partial charge < -0.3 is 0 Å². The minimum absolute atomic E-state index is 0.336. The standard InChI is InChI=1S/C14H13N3OS2/c1-19-9-6-7-13-11(8-9)17(14(18)16-15)10-4-2-3-5-12(10)20-13/h2-8H,15H2,1H3,(H,16,18). The van der Waals surface area contributed by atoms with Crippen molar-refractivity contribution < 1.29 is 4.79 Å². The minimum Gasteiger partial charge on any atom is -0.275 e. The number of carbonyl (C=O) groups excluding carboxylic acids is 1. The van der Waals surface area contributed by atoms with Gasteiger partial charge in [0.15, 0.2) is 0 Å². The van der Waals surface area contributed by atoms with Gasteiger partial charge in [0.2, 0.25) is 0 Å². The molecule has 0 spiro atoms. The third-order valence-electron chi connectivity index (χ3n) is 3.06. The number of hydrazine groups is 1. The van der Waals surface area contributed by atoms with Crippen molar-refractivity contribution in [2.45, 2.75) is 14.7 Å². The maximum atomic E-state index is 12.2. The average molecular weight is 303 g/mol. The number of rotatable bonds is 1. The van der Waals surface area contributed by atoms with Gasteiger partial charge in [-0.15, -0.1) is 11.8 Å². The van der Waals surface area contributed by atoms with Gasteiger partial charge in [0.1, 0.15) is 0 Å². The number of hydrogen-bond donors (Lipinski definition) is 2. The molecule has 4 nitrogen and oxygen atoms in total. The fourth-order valence-corrected chi connectivity index (χ4v) is 3.62. The van der Waals surface area contributed by atoms with Crippen molar-refractivity contribution in [1.82, 2.24) is 5.43 Å². The maximum Gasteiger partial charge on any atom is 0.340 e. The topological polar surface area (TPSA) is 58.4 Å². The summed E-state index contributed by atoms with van der Waals surface area (Å²) in [5.41, 5.74) is 3.94. The lowest BCUT2D eigenvalue weighted by Crippen LogP contribution is -2.41. The number of thioether (sulfide) groups is 1. The van der Waals surface area contributed by atoms with E-state index in [1.807, 2.05) is 42.7 Å². The molecule has 6 heteroatoms. The van der Waals surface area contributed by atoms with Crippen LogP contribution in [0.5, 0.6) is 0 Å². The molecule has 1 aliphatic heterocycles. The van der Waals surface area contributed by atoms with E-state index in [4.69, 9.17) is 5.84 Å². The smallest absolute Gasteiger partial charge is 0.275 e. The lowest BCUT2D eigenvalue weighted by molar-refractivity contribution is 0.248. The van der Waals surface area contributed by atoms with Crippen LogP contribution in [0, 0.1) is 0 Å². The first-order valence-electron chi connectivity index (χ1n) is 6.00. The Balaban J connectivity index is 2.19. The summed E-state index contributed by atoms with van der Waals surface area (Å²) in [4.78, 5) is 17.0. The van der Waals surface area contributed by atoms with E-state index in [1.165, 1.54) is 0 Å². The van der Waals surface area contributed by atoms with Gasteiger partial charge in [-0.25, -0.2) is 10.6 Å². The van der Waals surface area contributed by atoms with Crippen LogP contribution in [0.3, 0.4) is 0 Å². The van der Waals surface area contributed by atoms with Crippen LogP contribution in [-0.2, 0) is 0 Å². The van der Waals surface area contributed by atoms with E-state index >= 15 is 0 Å². The molecule has 0 saturated carbocycles. The molecule has 3 N–H and O–H groups in total. The van der Waals surface area contributed by atoms with E-state index in [0.717, 1.165) is 26.1 Å². The molecule has 20 heavy (non-hydrogen) atoms. The average Bonchev–Trinajstić information content (AvgIpc) is 2.51. The first-order chi connectivity index (χ1) is 9.74. The Morgan fingerprint density at radius 2 is 1.95 bits per heavy atom. The third kappa shape index (κ3) is 2.15. The third-order valence-corrected chi connectivity index (χ3v) is 4.92. The molecule has 0 bridgehead atoms. The van der Waals surface area contributed by atoms with E-state index in [9.17, 15) is 4.79 Å². The molecule has 0 atom stereocenters. The van der Waals surface area contributed by atoms with Crippen LogP contribution in [0.2, 0.25) is 0 Å². The second kappa shape index (κ2) is 5.40. The van der Waals surface area contributed by atoms with Crippen LogP contribution in [0.15, 0.2) is 57.2 Å². The van der Waals surface area contributed by atoms with Crippen molar-refractivity contribution in [2.75, 3.05) is 11.2 Å². The Labute approximate surface area is 125 Å². The zero-order chi connectivity index (χ0) is 14.1. The van der Waals surface area contributed by atoms with E-state index in [-0.39, 0.29) is 6.03 Å². The first kappa shape index (κ1) is 13.4. The van der Waals surface area contributed by atoms with E-state index < -0.39 is 0 Å². The highest BCUT2D eigenvalue weighted by atomic mass is 32.2. The molecule has 0 unspecified atom stereocenters. The first-order valence-corrected chi connectivity index (χ1v) is 8.04. The van der Waals surface area contributed by atoms with Crippen LogP contribution < -0.4 is 16.2 Å². The maximum absolute atomic E-state index is 12.2. The zero-order valence-electron chi connectivity index (χ0n) is 10.8. The van der Waals surface area contributed by atoms with Gasteiger partial charge >= 0.3 is 6.03 Å². The number of nitrogens with two attached hydrogens (primary N) is 1. The highest BCUT2D eigenvalue weighted by Gasteiger charge is 2.27. The Kier molecular flexibility index (Phi) is 3.60. The predicted octanol–water partition coefficient (Wildman–Crippen LogP) is 3.59. The number of anilines is 2. The summed E-state index contributed by atoms with van der Waals surface area (Å²) in [6.07, 6.45) is 2.01. The highest BCUT2D eigenvalue weighted by Crippen LogP contribution is 2.48. The van der Waals surface area contributed by atoms with Crippen LogP contribution in [0.1, 0.15) is 0 Å². The molecule has 2 amide bonds. The fourth-order valence-electron chi connectivity index (χ4n) is 2.14. The van der Waals surface area contributed by atoms with Crippen molar-refractivity contribution in [3.63, 3.8) is 0 Å². The molecule has 0 aromatic heterocycles. The lowest BCUT2D eigenvalue weighted by Gasteiger charge is -2.30. The normalized spacial score (nSPS) is 12.6. The molecule has 0 aliphatic carbocycles. The minimum atomic E-state index is -0.336. The van der Waals surface area contributed by atoms with Crippen molar-refractivity contribution in [2.24, 2.45) is 5.84 Å². The molecule has 1 heterocycles. The van der Waals surface area contributed by atoms with Gasteiger partial charge in [-0.3, -0.25) is 10.3 Å². The fraction of sp³-hybridized carbons (Fsp3) is 0.0714. The molecule has 2 aromatic carbocycles. The van der Waals surface area contributed by atoms with Crippen molar-refractivity contribution >= 4 is 40.9 Å². The van der Waals surface area contributed by atoms with Gasteiger partial charge in [-0.05, 0) is 36.6 Å². The van der Waals surface area contributed by atoms with E-state index in [0.29, 0.717) is 0 Å². The van der Waals surface area contributed by atoms with Crippen LogP contribution >= 0.6 is 23.5 Å². The Morgan fingerprint density at radius 1 is 1.20 bits per heavy atom. The quantitative estimate of drug-likeness (QED) is 0.366. The number of benzene rings is 2. The molecular formula is C14H13N3OS2. The summed E-state index contributed by atoms with van der Waals surface area (Å²) in [5, 5.41) is 0. The zero-order valence-corrected chi connectivity index (χ0v) is 12.4. The largest absolute Gasteiger partial charge is 0.340 e. The Hall–Kier alpha value is -1.63. The SMILES string of the molecule is CSc1ccc2c(c1)N(C(=O)NN)c1ccccc1S2. The number of nitrogens with one attached hydrogen (secondary N) is 1. The van der Waals surface area contributed by atoms with Gasteiger partial charge in [0.05, 0.1) is 11.4 Å². The predicted molar refractivity (Wildman–Crippen MR) is 83.6 cm³/mol. The summed E-state index contributed by atoms with van der Waals surface area (Å²) in [6.45, 7) is 0. The summed E-state index contributed by atoms with van der Waals surface area (Å²) in [7, 11) is 0.